The molecule has 2 aromatic rings. The van der Waals surface area contributed by atoms with Crippen LogP contribution in [0.1, 0.15) is 64.8 Å². The van der Waals surface area contributed by atoms with E-state index in [9.17, 15) is 9.59 Å². The minimum atomic E-state index is -0.492. The van der Waals surface area contributed by atoms with Crippen LogP contribution in [0.25, 0.3) is 10.8 Å². The van der Waals surface area contributed by atoms with Crippen LogP contribution >= 0.6 is 11.6 Å². The number of halogens is 1. The van der Waals surface area contributed by atoms with Crippen molar-refractivity contribution >= 4 is 28.5 Å². The average Bonchev–Trinajstić information content (AvgIpc) is 3.35. The predicted octanol–water partition coefficient (Wildman–Crippen LogP) is 4.97. The lowest BCUT2D eigenvalue weighted by molar-refractivity contribution is 0.0842. The molecule has 1 saturated carbocycles. The summed E-state index contributed by atoms with van der Waals surface area (Å²) in [5.74, 6) is 0. The standard InChI is InChI=1S/C20H25ClN2O3/c1-5-16(26-19(25)22-20(2,3)4)15-11-12-7-6-8-14(21)17(12)18(24)23(15)13-9-10-13/h6-8,11,13,16H,5,9-10H2,1-4H3,(H,22,25)/t16-/m0/s1. The fourth-order valence-corrected chi connectivity index (χ4v) is 3.39. The van der Waals surface area contributed by atoms with Crippen molar-refractivity contribution in [3.05, 3.63) is 45.3 Å². The molecule has 0 saturated heterocycles. The van der Waals surface area contributed by atoms with Crippen LogP contribution in [-0.2, 0) is 4.74 Å². The maximum Gasteiger partial charge on any atom is 0.408 e. The summed E-state index contributed by atoms with van der Waals surface area (Å²) in [6, 6.07) is 7.50. The number of fused-ring (bicyclic) bond motifs is 1. The van der Waals surface area contributed by atoms with E-state index in [4.69, 9.17) is 16.3 Å². The van der Waals surface area contributed by atoms with Crippen molar-refractivity contribution in [3.63, 3.8) is 0 Å². The number of pyridine rings is 1. The Hall–Kier alpha value is -2.01. The highest BCUT2D eigenvalue weighted by Gasteiger charge is 2.31. The third-order valence-electron chi connectivity index (χ3n) is 4.40. The van der Waals surface area contributed by atoms with Crippen LogP contribution in [0.15, 0.2) is 29.1 Å². The zero-order chi connectivity index (χ0) is 19.1. The normalized spacial score (nSPS) is 15.7. The first-order chi connectivity index (χ1) is 12.2. The highest BCUT2D eigenvalue weighted by atomic mass is 35.5. The molecule has 0 bridgehead atoms. The molecule has 1 heterocycles. The van der Waals surface area contributed by atoms with Gasteiger partial charge in [0.1, 0.15) is 6.10 Å². The number of ether oxygens (including phenoxy) is 1. The lowest BCUT2D eigenvalue weighted by Crippen LogP contribution is -2.41. The molecule has 0 aliphatic heterocycles. The molecule has 0 radical (unpaired) electrons. The zero-order valence-electron chi connectivity index (χ0n) is 15.6. The summed E-state index contributed by atoms with van der Waals surface area (Å²) in [6.45, 7) is 7.63. The van der Waals surface area contributed by atoms with E-state index in [0.717, 1.165) is 23.9 Å². The van der Waals surface area contributed by atoms with Gasteiger partial charge in [0, 0.05) is 11.6 Å². The van der Waals surface area contributed by atoms with E-state index in [0.29, 0.717) is 16.8 Å². The van der Waals surface area contributed by atoms with Gasteiger partial charge in [-0.2, -0.15) is 0 Å². The molecule has 3 rings (SSSR count). The largest absolute Gasteiger partial charge is 0.440 e. The molecule has 1 N–H and O–H groups in total. The average molecular weight is 377 g/mol. The second kappa shape index (κ2) is 6.95. The fraction of sp³-hybridized carbons (Fsp3) is 0.500. The minimum absolute atomic E-state index is 0.108. The molecule has 1 aromatic carbocycles. The van der Waals surface area contributed by atoms with Gasteiger partial charge in [-0.05, 0) is 57.6 Å². The number of carbonyl (C=O) groups is 1. The number of nitrogens with zero attached hydrogens (tertiary/aromatic N) is 1. The number of hydrogen-bond acceptors (Lipinski definition) is 3. The van der Waals surface area contributed by atoms with Gasteiger partial charge in [0.15, 0.2) is 0 Å². The summed E-state index contributed by atoms with van der Waals surface area (Å²) in [7, 11) is 0. The van der Waals surface area contributed by atoms with Gasteiger partial charge in [-0.1, -0.05) is 30.7 Å². The Morgan fingerprint density at radius 3 is 2.65 bits per heavy atom. The van der Waals surface area contributed by atoms with Crippen LogP contribution in [0.5, 0.6) is 0 Å². The smallest absolute Gasteiger partial charge is 0.408 e. The van der Waals surface area contributed by atoms with Crippen LogP contribution in [0.3, 0.4) is 0 Å². The van der Waals surface area contributed by atoms with Crippen LogP contribution in [0, 0.1) is 0 Å². The maximum atomic E-state index is 13.1. The molecular formula is C20H25ClN2O3. The third kappa shape index (κ3) is 3.88. The molecule has 1 fully saturated rings. The second-order valence-corrected chi connectivity index (χ2v) is 8.26. The Balaban J connectivity index is 2.06. The van der Waals surface area contributed by atoms with Crippen molar-refractivity contribution in [1.82, 2.24) is 9.88 Å². The SMILES string of the molecule is CC[C@H](OC(=O)NC(C)(C)C)c1cc2cccc(Cl)c2c(=O)n1C1CC1. The van der Waals surface area contributed by atoms with Crippen LogP contribution < -0.4 is 10.9 Å². The molecule has 26 heavy (non-hydrogen) atoms. The van der Waals surface area contributed by atoms with E-state index in [1.165, 1.54) is 0 Å². The molecule has 1 aliphatic rings. The monoisotopic (exact) mass is 376 g/mol. The summed E-state index contributed by atoms with van der Waals surface area (Å²) >= 11 is 6.27. The van der Waals surface area contributed by atoms with Crippen molar-refractivity contribution < 1.29 is 9.53 Å². The highest BCUT2D eigenvalue weighted by Crippen LogP contribution is 2.38. The molecule has 0 spiro atoms. The van der Waals surface area contributed by atoms with Crippen molar-refractivity contribution in [2.75, 3.05) is 0 Å². The summed E-state index contributed by atoms with van der Waals surface area (Å²) in [5.41, 5.74) is 0.241. The van der Waals surface area contributed by atoms with Crippen LogP contribution in [0.4, 0.5) is 4.79 Å². The van der Waals surface area contributed by atoms with E-state index < -0.39 is 12.2 Å². The number of benzene rings is 1. The van der Waals surface area contributed by atoms with E-state index in [-0.39, 0.29) is 17.1 Å². The van der Waals surface area contributed by atoms with Gasteiger partial charge < -0.3 is 14.6 Å². The minimum Gasteiger partial charge on any atom is -0.440 e. The molecular weight excluding hydrogens is 352 g/mol. The Morgan fingerprint density at radius 2 is 2.08 bits per heavy atom. The number of aromatic nitrogens is 1. The van der Waals surface area contributed by atoms with Crippen molar-refractivity contribution in [1.29, 1.82) is 0 Å². The van der Waals surface area contributed by atoms with Crippen LogP contribution in [0.2, 0.25) is 5.02 Å². The molecule has 5 nitrogen and oxygen atoms in total. The number of rotatable bonds is 4. The molecule has 1 aromatic heterocycles. The van der Waals surface area contributed by atoms with Gasteiger partial charge in [-0.15, -0.1) is 0 Å². The van der Waals surface area contributed by atoms with Crippen molar-refractivity contribution in [2.45, 2.75) is 64.6 Å². The Labute approximate surface area is 158 Å². The Kier molecular flexibility index (Phi) is 5.02. The van der Waals surface area contributed by atoms with Gasteiger partial charge in [0.2, 0.25) is 0 Å². The summed E-state index contributed by atoms with van der Waals surface area (Å²) in [4.78, 5) is 25.4. The molecule has 1 aliphatic carbocycles. The first kappa shape index (κ1) is 18.8. The van der Waals surface area contributed by atoms with Gasteiger partial charge in [-0.25, -0.2) is 4.79 Å². The topological polar surface area (TPSA) is 60.3 Å². The van der Waals surface area contributed by atoms with E-state index in [2.05, 4.69) is 5.32 Å². The molecule has 6 heteroatoms. The number of hydrogen-bond donors (Lipinski definition) is 1. The van der Waals surface area contributed by atoms with Crippen molar-refractivity contribution in [2.24, 2.45) is 0 Å². The first-order valence-corrected chi connectivity index (χ1v) is 9.41. The first-order valence-electron chi connectivity index (χ1n) is 9.03. The van der Waals surface area contributed by atoms with E-state index in [1.807, 2.05) is 45.9 Å². The lowest BCUT2D eigenvalue weighted by Gasteiger charge is -2.25. The van der Waals surface area contributed by atoms with E-state index in [1.54, 1.807) is 10.6 Å². The predicted molar refractivity (Wildman–Crippen MR) is 104 cm³/mol. The third-order valence-corrected chi connectivity index (χ3v) is 4.71. The molecule has 0 unspecified atom stereocenters. The summed E-state index contributed by atoms with van der Waals surface area (Å²) in [5, 5.41) is 4.56. The van der Waals surface area contributed by atoms with Crippen LogP contribution in [-0.4, -0.2) is 16.2 Å². The lowest BCUT2D eigenvalue weighted by atomic mass is 10.1. The summed E-state index contributed by atoms with van der Waals surface area (Å²) in [6.07, 6.45) is 1.51. The second-order valence-electron chi connectivity index (χ2n) is 7.86. The highest BCUT2D eigenvalue weighted by molar-refractivity contribution is 6.35. The van der Waals surface area contributed by atoms with E-state index >= 15 is 0 Å². The molecule has 140 valence electrons. The Bertz CT molecular complexity index is 894. The molecule has 1 amide bonds. The van der Waals surface area contributed by atoms with Gasteiger partial charge in [0.05, 0.1) is 16.1 Å². The maximum absolute atomic E-state index is 13.1. The van der Waals surface area contributed by atoms with Gasteiger partial charge in [-0.3, -0.25) is 4.79 Å². The van der Waals surface area contributed by atoms with Gasteiger partial charge >= 0.3 is 6.09 Å². The number of amides is 1. The quantitative estimate of drug-likeness (QED) is 0.819. The fourth-order valence-electron chi connectivity index (χ4n) is 3.13. The van der Waals surface area contributed by atoms with Gasteiger partial charge in [0.25, 0.3) is 5.56 Å². The number of alkyl carbamates (subject to hydrolysis) is 1. The number of nitrogens with one attached hydrogen (secondary N) is 1. The summed E-state index contributed by atoms with van der Waals surface area (Å²) < 4.78 is 7.44. The number of carbonyl (C=O) groups excluding carboxylic acids is 1. The Morgan fingerprint density at radius 1 is 1.38 bits per heavy atom. The molecule has 1 atom stereocenters. The zero-order valence-corrected chi connectivity index (χ0v) is 16.4. The van der Waals surface area contributed by atoms with Crippen molar-refractivity contribution in [3.8, 4) is 0 Å².